The first-order valence-electron chi connectivity index (χ1n) is 6.88. The molecule has 0 radical (unpaired) electrons. The Labute approximate surface area is 108 Å². The Balaban J connectivity index is 1.79. The fraction of sp³-hybridized carbons (Fsp3) is 0.533. The van der Waals surface area contributed by atoms with Gasteiger partial charge in [-0.1, -0.05) is 12.8 Å². The first kappa shape index (κ1) is 11.7. The van der Waals surface area contributed by atoms with Crippen LogP contribution in [0, 0.1) is 0 Å². The maximum Gasteiger partial charge on any atom is 0.179 e. The Morgan fingerprint density at radius 3 is 3.17 bits per heavy atom. The Morgan fingerprint density at radius 1 is 1.28 bits per heavy atom. The molecule has 1 unspecified atom stereocenters. The first-order chi connectivity index (χ1) is 8.84. The molecule has 2 aliphatic heterocycles. The zero-order chi connectivity index (χ0) is 12.4. The van der Waals surface area contributed by atoms with E-state index in [0.717, 1.165) is 43.7 Å². The van der Waals surface area contributed by atoms with Gasteiger partial charge in [-0.05, 0) is 43.1 Å². The molecule has 3 heteroatoms. The molecular formula is C15H19NO2. The van der Waals surface area contributed by atoms with Gasteiger partial charge < -0.3 is 10.1 Å². The predicted octanol–water partition coefficient (Wildman–Crippen LogP) is 2.34. The Bertz CT molecular complexity index is 448. The SMILES string of the molecule is O=C(c1ccc2c(c1)CCO2)C1CCCCCN1. The molecule has 0 bridgehead atoms. The lowest BCUT2D eigenvalue weighted by Crippen LogP contribution is -2.36. The molecule has 1 aromatic rings. The highest BCUT2D eigenvalue weighted by molar-refractivity contribution is 6.00. The fourth-order valence-electron chi connectivity index (χ4n) is 2.79. The van der Waals surface area contributed by atoms with Gasteiger partial charge >= 0.3 is 0 Å². The summed E-state index contributed by atoms with van der Waals surface area (Å²) in [5.41, 5.74) is 2.01. The summed E-state index contributed by atoms with van der Waals surface area (Å²) in [6.07, 6.45) is 5.45. The molecule has 1 atom stereocenters. The molecule has 3 rings (SSSR count). The van der Waals surface area contributed by atoms with Gasteiger partial charge in [-0.25, -0.2) is 0 Å². The minimum Gasteiger partial charge on any atom is -0.493 e. The minimum atomic E-state index is 0.00729. The van der Waals surface area contributed by atoms with Crippen LogP contribution in [0.5, 0.6) is 5.75 Å². The van der Waals surface area contributed by atoms with Crippen LogP contribution in [0.3, 0.4) is 0 Å². The summed E-state index contributed by atoms with van der Waals surface area (Å²) >= 11 is 0. The van der Waals surface area contributed by atoms with Gasteiger partial charge in [-0.3, -0.25) is 4.79 Å². The van der Waals surface area contributed by atoms with Crippen LogP contribution in [-0.2, 0) is 6.42 Å². The van der Waals surface area contributed by atoms with Crippen molar-refractivity contribution >= 4 is 5.78 Å². The van der Waals surface area contributed by atoms with E-state index in [9.17, 15) is 4.79 Å². The fourth-order valence-corrected chi connectivity index (χ4v) is 2.79. The normalized spacial score (nSPS) is 23.0. The minimum absolute atomic E-state index is 0.00729. The predicted molar refractivity (Wildman–Crippen MR) is 70.2 cm³/mol. The lowest BCUT2D eigenvalue weighted by molar-refractivity contribution is 0.0940. The molecule has 1 N–H and O–H groups in total. The van der Waals surface area contributed by atoms with Crippen LogP contribution in [0.2, 0.25) is 0 Å². The Kier molecular flexibility index (Phi) is 3.33. The van der Waals surface area contributed by atoms with E-state index >= 15 is 0 Å². The van der Waals surface area contributed by atoms with Gasteiger partial charge in [0.2, 0.25) is 0 Å². The smallest absolute Gasteiger partial charge is 0.179 e. The zero-order valence-electron chi connectivity index (χ0n) is 10.6. The number of nitrogens with one attached hydrogen (secondary N) is 1. The maximum atomic E-state index is 12.4. The van der Waals surface area contributed by atoms with Gasteiger partial charge in [-0.2, -0.15) is 0 Å². The summed E-state index contributed by atoms with van der Waals surface area (Å²) in [6, 6.07) is 5.86. The second-order valence-corrected chi connectivity index (χ2v) is 5.14. The summed E-state index contributed by atoms with van der Waals surface area (Å²) in [7, 11) is 0. The molecule has 0 aromatic heterocycles. The Morgan fingerprint density at radius 2 is 2.22 bits per heavy atom. The molecule has 2 aliphatic rings. The molecule has 0 spiro atoms. The maximum absolute atomic E-state index is 12.4. The molecule has 96 valence electrons. The van der Waals surface area contributed by atoms with E-state index < -0.39 is 0 Å². The average molecular weight is 245 g/mol. The van der Waals surface area contributed by atoms with E-state index in [1.165, 1.54) is 18.4 Å². The summed E-state index contributed by atoms with van der Waals surface area (Å²) < 4.78 is 5.47. The van der Waals surface area contributed by atoms with Gasteiger partial charge in [0, 0.05) is 12.0 Å². The van der Waals surface area contributed by atoms with Crippen molar-refractivity contribution in [1.82, 2.24) is 5.32 Å². The molecule has 1 fully saturated rings. The number of benzene rings is 1. The number of carbonyl (C=O) groups is 1. The van der Waals surface area contributed by atoms with Gasteiger partial charge in [-0.15, -0.1) is 0 Å². The number of rotatable bonds is 2. The number of carbonyl (C=O) groups excluding carboxylic acids is 1. The van der Waals surface area contributed by atoms with Crippen molar-refractivity contribution in [2.24, 2.45) is 0 Å². The van der Waals surface area contributed by atoms with Gasteiger partial charge in [0.05, 0.1) is 12.6 Å². The number of hydrogen-bond acceptors (Lipinski definition) is 3. The van der Waals surface area contributed by atoms with Crippen LogP contribution < -0.4 is 10.1 Å². The average Bonchev–Trinajstić information content (AvgIpc) is 2.69. The monoisotopic (exact) mass is 245 g/mol. The van der Waals surface area contributed by atoms with Crippen LogP contribution in [0.25, 0.3) is 0 Å². The number of Topliss-reactive ketones (excluding diaryl/α,β-unsaturated/α-hetero) is 1. The van der Waals surface area contributed by atoms with Crippen LogP contribution in [-0.4, -0.2) is 25.0 Å². The molecule has 0 aliphatic carbocycles. The van der Waals surface area contributed by atoms with Crippen molar-refractivity contribution in [2.45, 2.75) is 38.1 Å². The molecule has 0 saturated carbocycles. The highest BCUT2D eigenvalue weighted by Crippen LogP contribution is 2.26. The van der Waals surface area contributed by atoms with Crippen LogP contribution in [0.15, 0.2) is 18.2 Å². The largest absolute Gasteiger partial charge is 0.493 e. The number of fused-ring (bicyclic) bond motifs is 1. The Hall–Kier alpha value is -1.35. The third-order valence-electron chi connectivity index (χ3n) is 3.85. The van der Waals surface area contributed by atoms with E-state index in [-0.39, 0.29) is 11.8 Å². The molecule has 18 heavy (non-hydrogen) atoms. The van der Waals surface area contributed by atoms with Crippen molar-refractivity contribution in [1.29, 1.82) is 0 Å². The first-order valence-corrected chi connectivity index (χ1v) is 6.88. The highest BCUT2D eigenvalue weighted by atomic mass is 16.5. The van der Waals surface area contributed by atoms with Crippen LogP contribution >= 0.6 is 0 Å². The van der Waals surface area contributed by atoms with Crippen molar-refractivity contribution in [3.63, 3.8) is 0 Å². The summed E-state index contributed by atoms with van der Waals surface area (Å²) in [5.74, 6) is 1.19. The molecule has 0 amide bonds. The molecule has 1 saturated heterocycles. The number of hydrogen-bond donors (Lipinski definition) is 1. The zero-order valence-corrected chi connectivity index (χ0v) is 10.6. The lowest BCUT2D eigenvalue weighted by atomic mass is 9.98. The molecular weight excluding hydrogens is 226 g/mol. The lowest BCUT2D eigenvalue weighted by Gasteiger charge is -2.14. The summed E-state index contributed by atoms with van der Waals surface area (Å²) in [6.45, 7) is 1.71. The van der Waals surface area contributed by atoms with Crippen molar-refractivity contribution in [2.75, 3.05) is 13.2 Å². The van der Waals surface area contributed by atoms with Gasteiger partial charge in [0.15, 0.2) is 5.78 Å². The molecule has 3 nitrogen and oxygen atoms in total. The molecule has 1 aromatic carbocycles. The standard InChI is InChI=1S/C15H19NO2/c17-15(13-4-2-1-3-8-16-13)12-5-6-14-11(10-12)7-9-18-14/h5-6,10,13,16H,1-4,7-9H2. The van der Waals surface area contributed by atoms with Crippen molar-refractivity contribution in [3.05, 3.63) is 29.3 Å². The van der Waals surface area contributed by atoms with E-state index in [0.29, 0.717) is 0 Å². The van der Waals surface area contributed by atoms with Crippen LogP contribution in [0.4, 0.5) is 0 Å². The number of ether oxygens (including phenoxy) is 1. The van der Waals surface area contributed by atoms with Gasteiger partial charge in [0.25, 0.3) is 0 Å². The van der Waals surface area contributed by atoms with E-state index in [4.69, 9.17) is 4.74 Å². The molecule has 2 heterocycles. The quantitative estimate of drug-likeness (QED) is 0.813. The number of ketones is 1. The highest BCUT2D eigenvalue weighted by Gasteiger charge is 2.22. The summed E-state index contributed by atoms with van der Waals surface area (Å²) in [4.78, 5) is 12.4. The van der Waals surface area contributed by atoms with Gasteiger partial charge in [0.1, 0.15) is 5.75 Å². The van der Waals surface area contributed by atoms with E-state index in [2.05, 4.69) is 5.32 Å². The van der Waals surface area contributed by atoms with Crippen molar-refractivity contribution < 1.29 is 9.53 Å². The third-order valence-corrected chi connectivity index (χ3v) is 3.85. The second-order valence-electron chi connectivity index (χ2n) is 5.14. The van der Waals surface area contributed by atoms with E-state index in [1.807, 2.05) is 18.2 Å². The topological polar surface area (TPSA) is 38.3 Å². The van der Waals surface area contributed by atoms with Crippen molar-refractivity contribution in [3.8, 4) is 5.75 Å². The van der Waals surface area contributed by atoms with E-state index in [1.54, 1.807) is 0 Å². The van der Waals surface area contributed by atoms with Crippen LogP contribution in [0.1, 0.15) is 41.6 Å². The summed E-state index contributed by atoms with van der Waals surface area (Å²) in [5, 5.41) is 3.37. The third kappa shape index (κ3) is 2.27. The second kappa shape index (κ2) is 5.11.